The summed E-state index contributed by atoms with van der Waals surface area (Å²) in [6.45, 7) is 11.9. The van der Waals surface area contributed by atoms with Crippen molar-refractivity contribution in [2.24, 2.45) is 17.8 Å². The summed E-state index contributed by atoms with van der Waals surface area (Å²) in [5.41, 5.74) is -0.343. The highest BCUT2D eigenvalue weighted by Crippen LogP contribution is 2.36. The molecule has 2 rings (SSSR count). The van der Waals surface area contributed by atoms with Gasteiger partial charge >= 0.3 is 0 Å². The fourth-order valence-electron chi connectivity index (χ4n) is 3.53. The van der Waals surface area contributed by atoms with E-state index in [-0.39, 0.29) is 11.7 Å². The van der Waals surface area contributed by atoms with Gasteiger partial charge in [-0.3, -0.25) is 10.1 Å². The average molecular weight is 280 g/mol. The van der Waals surface area contributed by atoms with Gasteiger partial charge in [-0.05, 0) is 43.9 Å². The summed E-state index contributed by atoms with van der Waals surface area (Å²) in [4.78, 5) is 15.0. The summed E-state index contributed by atoms with van der Waals surface area (Å²) in [6.07, 6.45) is 6.35. The van der Waals surface area contributed by atoms with Crippen LogP contribution >= 0.6 is 0 Å². The Morgan fingerprint density at radius 3 is 2.40 bits per heavy atom. The zero-order valence-corrected chi connectivity index (χ0v) is 13.9. The van der Waals surface area contributed by atoms with Crippen LogP contribution in [0.2, 0.25) is 0 Å². The minimum Gasteiger partial charge on any atom is -0.325 e. The molecule has 0 aromatic heterocycles. The van der Waals surface area contributed by atoms with E-state index in [1.54, 1.807) is 0 Å². The Balaban J connectivity index is 2.16. The Hall–Kier alpha value is -0.570. The molecule has 3 heteroatoms. The first-order chi connectivity index (χ1) is 9.39. The van der Waals surface area contributed by atoms with Crippen LogP contribution in [0, 0.1) is 17.8 Å². The first-order valence-corrected chi connectivity index (χ1v) is 8.47. The lowest BCUT2D eigenvalue weighted by molar-refractivity contribution is -0.134. The van der Waals surface area contributed by atoms with Crippen LogP contribution in [0.15, 0.2) is 0 Å². The van der Waals surface area contributed by atoms with Crippen molar-refractivity contribution < 1.29 is 4.79 Å². The third-order valence-electron chi connectivity index (χ3n) is 5.71. The van der Waals surface area contributed by atoms with E-state index in [1.165, 1.54) is 25.7 Å². The smallest absolute Gasteiger partial charge is 0.243 e. The van der Waals surface area contributed by atoms with Gasteiger partial charge in [0.15, 0.2) is 0 Å². The maximum atomic E-state index is 12.8. The molecule has 1 saturated heterocycles. The number of nitrogens with zero attached hydrogens (tertiary/aromatic N) is 1. The van der Waals surface area contributed by atoms with Gasteiger partial charge in [0.1, 0.15) is 0 Å². The van der Waals surface area contributed by atoms with Crippen LogP contribution in [0.4, 0.5) is 0 Å². The molecule has 1 aliphatic carbocycles. The first kappa shape index (κ1) is 15.8. The molecule has 1 amide bonds. The quantitative estimate of drug-likeness (QED) is 0.837. The molecule has 0 spiro atoms. The van der Waals surface area contributed by atoms with Gasteiger partial charge in [-0.25, -0.2) is 0 Å². The SMILES string of the molecule is CCC1(C)NC(C2CCCC2)N(CC(C)C(C)C)C1=O. The van der Waals surface area contributed by atoms with Gasteiger partial charge in [0.05, 0.1) is 11.7 Å². The minimum atomic E-state index is -0.343. The van der Waals surface area contributed by atoms with Crippen molar-refractivity contribution in [1.82, 2.24) is 10.2 Å². The molecule has 3 unspecified atom stereocenters. The van der Waals surface area contributed by atoms with E-state index in [9.17, 15) is 4.79 Å². The molecule has 1 heterocycles. The molecule has 0 bridgehead atoms. The van der Waals surface area contributed by atoms with Gasteiger partial charge in [-0.1, -0.05) is 40.5 Å². The Labute approximate surface area is 124 Å². The third kappa shape index (κ3) is 2.88. The second kappa shape index (κ2) is 6.05. The Kier molecular flexibility index (Phi) is 4.78. The summed E-state index contributed by atoms with van der Waals surface area (Å²) in [5, 5.41) is 3.68. The Morgan fingerprint density at radius 1 is 1.30 bits per heavy atom. The highest BCUT2D eigenvalue weighted by atomic mass is 16.2. The van der Waals surface area contributed by atoms with E-state index in [4.69, 9.17) is 0 Å². The summed E-state index contributed by atoms with van der Waals surface area (Å²) in [5.74, 6) is 2.17. The molecule has 0 radical (unpaired) electrons. The Bertz CT molecular complexity index is 349. The average Bonchev–Trinajstić information content (AvgIpc) is 3.01. The number of hydrogen-bond donors (Lipinski definition) is 1. The van der Waals surface area contributed by atoms with E-state index < -0.39 is 0 Å². The van der Waals surface area contributed by atoms with Gasteiger partial charge in [0.25, 0.3) is 0 Å². The standard InChI is InChI=1S/C17H32N2O/c1-6-17(5)16(20)19(11-13(4)12(2)3)15(18-17)14-9-7-8-10-14/h12-15,18H,6-11H2,1-5H3. The van der Waals surface area contributed by atoms with Crippen LogP contribution in [-0.4, -0.2) is 29.1 Å². The van der Waals surface area contributed by atoms with Crippen molar-refractivity contribution in [2.45, 2.75) is 78.4 Å². The van der Waals surface area contributed by atoms with Gasteiger partial charge in [0.2, 0.25) is 5.91 Å². The predicted molar refractivity (Wildman–Crippen MR) is 83.3 cm³/mol. The molecule has 0 aromatic carbocycles. The molecule has 1 saturated carbocycles. The molecule has 3 atom stereocenters. The fourth-order valence-corrected chi connectivity index (χ4v) is 3.53. The van der Waals surface area contributed by atoms with Crippen molar-refractivity contribution in [3.63, 3.8) is 0 Å². The molecule has 0 aromatic rings. The second-order valence-corrected chi connectivity index (χ2v) is 7.50. The molecular formula is C17H32N2O. The molecule has 2 aliphatic rings. The molecule has 20 heavy (non-hydrogen) atoms. The van der Waals surface area contributed by atoms with Crippen molar-refractivity contribution in [1.29, 1.82) is 0 Å². The summed E-state index contributed by atoms with van der Waals surface area (Å²) < 4.78 is 0. The molecule has 2 fully saturated rings. The topological polar surface area (TPSA) is 32.3 Å². The van der Waals surface area contributed by atoms with Crippen LogP contribution in [0.5, 0.6) is 0 Å². The third-order valence-corrected chi connectivity index (χ3v) is 5.71. The molecular weight excluding hydrogens is 248 g/mol. The van der Waals surface area contributed by atoms with Gasteiger partial charge in [0, 0.05) is 6.54 Å². The zero-order valence-electron chi connectivity index (χ0n) is 13.9. The summed E-state index contributed by atoms with van der Waals surface area (Å²) in [6, 6.07) is 0. The number of hydrogen-bond acceptors (Lipinski definition) is 2. The van der Waals surface area contributed by atoms with Gasteiger partial charge in [-0.2, -0.15) is 0 Å². The van der Waals surface area contributed by atoms with E-state index >= 15 is 0 Å². The molecule has 1 N–H and O–H groups in total. The Morgan fingerprint density at radius 2 is 1.90 bits per heavy atom. The second-order valence-electron chi connectivity index (χ2n) is 7.50. The van der Waals surface area contributed by atoms with Crippen molar-refractivity contribution >= 4 is 5.91 Å². The van der Waals surface area contributed by atoms with E-state index in [0.717, 1.165) is 13.0 Å². The number of rotatable bonds is 5. The van der Waals surface area contributed by atoms with Gasteiger partial charge in [-0.15, -0.1) is 0 Å². The summed E-state index contributed by atoms with van der Waals surface area (Å²) in [7, 11) is 0. The minimum absolute atomic E-state index is 0.274. The lowest BCUT2D eigenvalue weighted by Gasteiger charge is -2.32. The van der Waals surface area contributed by atoms with Gasteiger partial charge < -0.3 is 4.90 Å². The monoisotopic (exact) mass is 280 g/mol. The highest BCUT2D eigenvalue weighted by molar-refractivity contribution is 5.88. The molecule has 116 valence electrons. The maximum Gasteiger partial charge on any atom is 0.243 e. The van der Waals surface area contributed by atoms with Crippen LogP contribution in [0.1, 0.15) is 66.7 Å². The van der Waals surface area contributed by atoms with E-state index in [1.807, 2.05) is 0 Å². The lowest BCUT2D eigenvalue weighted by Crippen LogP contribution is -2.46. The van der Waals surface area contributed by atoms with Crippen LogP contribution < -0.4 is 5.32 Å². The number of amides is 1. The van der Waals surface area contributed by atoms with Crippen LogP contribution in [0.3, 0.4) is 0 Å². The molecule has 1 aliphatic heterocycles. The van der Waals surface area contributed by atoms with Crippen LogP contribution in [0.25, 0.3) is 0 Å². The van der Waals surface area contributed by atoms with E-state index in [2.05, 4.69) is 44.8 Å². The largest absolute Gasteiger partial charge is 0.325 e. The van der Waals surface area contributed by atoms with E-state index in [0.29, 0.717) is 23.7 Å². The maximum absolute atomic E-state index is 12.8. The fraction of sp³-hybridized carbons (Fsp3) is 0.941. The highest BCUT2D eigenvalue weighted by Gasteiger charge is 2.49. The number of carbonyl (C=O) groups excluding carboxylic acids is 1. The van der Waals surface area contributed by atoms with Crippen LogP contribution in [-0.2, 0) is 4.79 Å². The van der Waals surface area contributed by atoms with Crippen molar-refractivity contribution in [2.75, 3.05) is 6.54 Å². The normalized spacial score (nSPS) is 33.4. The van der Waals surface area contributed by atoms with Crippen molar-refractivity contribution in [3.8, 4) is 0 Å². The first-order valence-electron chi connectivity index (χ1n) is 8.47. The number of nitrogens with one attached hydrogen (secondary N) is 1. The predicted octanol–water partition coefficient (Wildman–Crippen LogP) is 3.40. The lowest BCUT2D eigenvalue weighted by atomic mass is 9.95. The zero-order chi connectivity index (χ0) is 14.9. The number of carbonyl (C=O) groups is 1. The summed E-state index contributed by atoms with van der Waals surface area (Å²) >= 11 is 0. The molecule has 3 nitrogen and oxygen atoms in total. The van der Waals surface area contributed by atoms with Crippen molar-refractivity contribution in [3.05, 3.63) is 0 Å².